The summed E-state index contributed by atoms with van der Waals surface area (Å²) in [6.07, 6.45) is 9.53. The molecule has 1 aliphatic carbocycles. The Morgan fingerprint density at radius 2 is 2.00 bits per heavy atom. The molecule has 1 N–H and O–H groups in total. The Balaban J connectivity index is 1.76. The van der Waals surface area contributed by atoms with E-state index in [1.165, 1.54) is 38.5 Å². The number of hydrogen-bond donors (Lipinski definition) is 1. The number of rotatable bonds is 8. The molecule has 0 saturated heterocycles. The van der Waals surface area contributed by atoms with E-state index in [4.69, 9.17) is 4.52 Å². The zero-order valence-electron chi connectivity index (χ0n) is 13.9. The molecular formula is C17H31N3O. The minimum absolute atomic E-state index is 0.514. The van der Waals surface area contributed by atoms with E-state index in [1.807, 2.05) is 0 Å². The van der Waals surface area contributed by atoms with Crippen molar-refractivity contribution in [2.75, 3.05) is 6.54 Å². The summed E-state index contributed by atoms with van der Waals surface area (Å²) in [6.45, 7) is 7.79. The largest absolute Gasteiger partial charge is 0.339 e. The Bertz CT molecular complexity index is 396. The smallest absolute Gasteiger partial charge is 0.226 e. The zero-order valence-corrected chi connectivity index (χ0v) is 13.9. The summed E-state index contributed by atoms with van der Waals surface area (Å²) in [5.74, 6) is 3.21. The number of aryl methyl sites for hydroxylation is 1. The van der Waals surface area contributed by atoms with Crippen molar-refractivity contribution in [2.24, 2.45) is 5.92 Å². The lowest BCUT2D eigenvalue weighted by Crippen LogP contribution is -2.27. The third-order valence-corrected chi connectivity index (χ3v) is 4.81. The zero-order chi connectivity index (χ0) is 15.1. The molecule has 0 spiro atoms. The van der Waals surface area contributed by atoms with E-state index in [0.717, 1.165) is 37.0 Å². The first-order chi connectivity index (χ1) is 10.2. The quantitative estimate of drug-likeness (QED) is 0.785. The highest BCUT2D eigenvalue weighted by atomic mass is 16.5. The van der Waals surface area contributed by atoms with Gasteiger partial charge in [0.25, 0.3) is 0 Å². The normalized spacial score (nSPS) is 24.1. The lowest BCUT2D eigenvalue weighted by molar-refractivity contribution is 0.302. The lowest BCUT2D eigenvalue weighted by atomic mass is 9.80. The Labute approximate surface area is 129 Å². The number of aromatic nitrogens is 2. The summed E-state index contributed by atoms with van der Waals surface area (Å²) >= 11 is 0. The van der Waals surface area contributed by atoms with Gasteiger partial charge in [0.15, 0.2) is 5.82 Å². The van der Waals surface area contributed by atoms with Crippen LogP contribution in [0.25, 0.3) is 0 Å². The molecule has 4 heteroatoms. The van der Waals surface area contributed by atoms with E-state index in [9.17, 15) is 0 Å². The molecular weight excluding hydrogens is 262 g/mol. The van der Waals surface area contributed by atoms with Crippen LogP contribution >= 0.6 is 0 Å². The van der Waals surface area contributed by atoms with Gasteiger partial charge < -0.3 is 9.84 Å². The maximum absolute atomic E-state index is 5.44. The van der Waals surface area contributed by atoms with Gasteiger partial charge in [0.1, 0.15) is 0 Å². The third-order valence-electron chi connectivity index (χ3n) is 4.81. The van der Waals surface area contributed by atoms with E-state index in [-0.39, 0.29) is 0 Å². The van der Waals surface area contributed by atoms with Gasteiger partial charge in [-0.05, 0) is 57.9 Å². The van der Waals surface area contributed by atoms with Crippen molar-refractivity contribution in [1.82, 2.24) is 15.5 Å². The first-order valence-electron chi connectivity index (χ1n) is 8.78. The first-order valence-corrected chi connectivity index (χ1v) is 8.78. The highest BCUT2D eigenvalue weighted by Crippen LogP contribution is 2.35. The molecule has 1 aromatic heterocycles. The van der Waals surface area contributed by atoms with Gasteiger partial charge in [-0.3, -0.25) is 0 Å². The molecule has 0 amide bonds. The molecule has 1 aliphatic rings. The minimum atomic E-state index is 0.514. The standard InChI is InChI=1S/C17H31N3O/c1-4-12-18-13(3)6-11-16-19-17(20-21-16)15-9-7-14(5-2)8-10-15/h13-15,18H,4-12H2,1-3H3. The fourth-order valence-electron chi connectivity index (χ4n) is 3.20. The van der Waals surface area contributed by atoms with Crippen LogP contribution in [0.4, 0.5) is 0 Å². The van der Waals surface area contributed by atoms with E-state index in [0.29, 0.717) is 12.0 Å². The van der Waals surface area contributed by atoms with Crippen LogP contribution in [0.15, 0.2) is 4.52 Å². The monoisotopic (exact) mass is 293 g/mol. The van der Waals surface area contributed by atoms with Crippen molar-refractivity contribution in [3.63, 3.8) is 0 Å². The third kappa shape index (κ3) is 5.10. The SMILES string of the molecule is CCCNC(C)CCc1nc(C2CCC(CC)CC2)no1. The molecule has 0 radical (unpaired) electrons. The highest BCUT2D eigenvalue weighted by molar-refractivity contribution is 4.98. The van der Waals surface area contributed by atoms with Crippen molar-refractivity contribution in [3.8, 4) is 0 Å². The van der Waals surface area contributed by atoms with Crippen molar-refractivity contribution in [3.05, 3.63) is 11.7 Å². The second kappa shape index (κ2) is 8.52. The van der Waals surface area contributed by atoms with E-state index in [1.54, 1.807) is 0 Å². The van der Waals surface area contributed by atoms with Crippen molar-refractivity contribution in [1.29, 1.82) is 0 Å². The molecule has 1 heterocycles. The number of nitrogens with zero attached hydrogens (tertiary/aromatic N) is 2. The van der Waals surface area contributed by atoms with E-state index < -0.39 is 0 Å². The Morgan fingerprint density at radius 3 is 2.67 bits per heavy atom. The fourth-order valence-corrected chi connectivity index (χ4v) is 3.20. The molecule has 1 aromatic rings. The topological polar surface area (TPSA) is 51.0 Å². The summed E-state index contributed by atoms with van der Waals surface area (Å²) in [7, 11) is 0. The van der Waals surface area contributed by atoms with Gasteiger partial charge in [-0.2, -0.15) is 4.98 Å². The molecule has 120 valence electrons. The molecule has 0 bridgehead atoms. The van der Waals surface area contributed by atoms with Gasteiger partial charge in [0.2, 0.25) is 5.89 Å². The summed E-state index contributed by atoms with van der Waals surface area (Å²) in [4.78, 5) is 4.63. The van der Waals surface area contributed by atoms with Crippen LogP contribution in [-0.4, -0.2) is 22.7 Å². The van der Waals surface area contributed by atoms with Crippen LogP contribution in [0.5, 0.6) is 0 Å². The number of nitrogens with one attached hydrogen (secondary N) is 1. The average molecular weight is 293 g/mol. The molecule has 1 unspecified atom stereocenters. The van der Waals surface area contributed by atoms with Crippen molar-refractivity contribution in [2.45, 2.75) is 84.1 Å². The molecule has 4 nitrogen and oxygen atoms in total. The van der Waals surface area contributed by atoms with Crippen molar-refractivity contribution < 1.29 is 4.52 Å². The van der Waals surface area contributed by atoms with Gasteiger partial charge in [-0.1, -0.05) is 25.4 Å². The van der Waals surface area contributed by atoms with Crippen LogP contribution in [0.3, 0.4) is 0 Å². The van der Waals surface area contributed by atoms with Crippen LogP contribution in [0.1, 0.15) is 83.3 Å². The maximum atomic E-state index is 5.44. The fraction of sp³-hybridized carbons (Fsp3) is 0.882. The second-order valence-electron chi connectivity index (χ2n) is 6.57. The van der Waals surface area contributed by atoms with Crippen LogP contribution in [0.2, 0.25) is 0 Å². The van der Waals surface area contributed by atoms with Gasteiger partial charge in [-0.15, -0.1) is 0 Å². The van der Waals surface area contributed by atoms with Gasteiger partial charge in [0.05, 0.1) is 0 Å². The predicted molar refractivity (Wildman–Crippen MR) is 85.4 cm³/mol. The average Bonchev–Trinajstić information content (AvgIpc) is 3.00. The second-order valence-corrected chi connectivity index (χ2v) is 6.57. The molecule has 1 fully saturated rings. The summed E-state index contributed by atoms with van der Waals surface area (Å²) in [5, 5.41) is 7.72. The van der Waals surface area contributed by atoms with Crippen LogP contribution < -0.4 is 5.32 Å². The Kier molecular flexibility index (Phi) is 6.68. The lowest BCUT2D eigenvalue weighted by Gasteiger charge is -2.25. The molecule has 0 aromatic carbocycles. The molecule has 1 atom stereocenters. The summed E-state index contributed by atoms with van der Waals surface area (Å²) < 4.78 is 5.44. The summed E-state index contributed by atoms with van der Waals surface area (Å²) in [5.41, 5.74) is 0. The molecule has 21 heavy (non-hydrogen) atoms. The van der Waals surface area contributed by atoms with Crippen molar-refractivity contribution >= 4 is 0 Å². The molecule has 2 rings (SSSR count). The number of hydrogen-bond acceptors (Lipinski definition) is 4. The van der Waals surface area contributed by atoms with E-state index in [2.05, 4.69) is 36.2 Å². The van der Waals surface area contributed by atoms with Gasteiger partial charge in [-0.25, -0.2) is 0 Å². The Hall–Kier alpha value is -0.900. The van der Waals surface area contributed by atoms with Gasteiger partial charge in [0, 0.05) is 18.4 Å². The van der Waals surface area contributed by atoms with Gasteiger partial charge >= 0.3 is 0 Å². The van der Waals surface area contributed by atoms with Crippen LogP contribution in [0, 0.1) is 5.92 Å². The molecule has 1 saturated carbocycles. The highest BCUT2D eigenvalue weighted by Gasteiger charge is 2.25. The minimum Gasteiger partial charge on any atom is -0.339 e. The maximum Gasteiger partial charge on any atom is 0.226 e. The molecule has 0 aliphatic heterocycles. The van der Waals surface area contributed by atoms with Crippen LogP contribution in [-0.2, 0) is 6.42 Å². The first kappa shape index (κ1) is 16.5. The Morgan fingerprint density at radius 1 is 1.24 bits per heavy atom. The summed E-state index contributed by atoms with van der Waals surface area (Å²) in [6, 6.07) is 0.514. The van der Waals surface area contributed by atoms with E-state index >= 15 is 0 Å². The predicted octanol–water partition coefficient (Wildman–Crippen LogP) is 4.07.